The molecule has 1 unspecified atom stereocenters. The second-order valence-electron chi connectivity index (χ2n) is 4.74. The van der Waals surface area contributed by atoms with E-state index in [4.69, 9.17) is 4.74 Å². The Labute approximate surface area is 113 Å². The molecule has 106 valence electrons. The molecule has 0 radical (unpaired) electrons. The third-order valence-corrected chi connectivity index (χ3v) is 3.53. The Morgan fingerprint density at radius 1 is 1.58 bits per heavy atom. The molecular formula is C13H22N4O2. The van der Waals surface area contributed by atoms with E-state index >= 15 is 0 Å². The molecule has 0 saturated carbocycles. The Morgan fingerprint density at radius 2 is 2.42 bits per heavy atom. The number of aromatic nitrogens is 2. The minimum atomic E-state index is -0.222. The van der Waals surface area contributed by atoms with Gasteiger partial charge in [0, 0.05) is 19.1 Å². The third-order valence-electron chi connectivity index (χ3n) is 3.53. The van der Waals surface area contributed by atoms with Crippen molar-refractivity contribution in [3.63, 3.8) is 0 Å². The van der Waals surface area contributed by atoms with Crippen LogP contribution in [0.15, 0.2) is 11.1 Å². The van der Waals surface area contributed by atoms with Crippen LogP contribution in [0.2, 0.25) is 0 Å². The smallest absolute Gasteiger partial charge is 0.295 e. The van der Waals surface area contributed by atoms with Gasteiger partial charge in [0.25, 0.3) is 5.56 Å². The van der Waals surface area contributed by atoms with E-state index in [0.717, 1.165) is 32.5 Å². The first-order chi connectivity index (χ1) is 9.27. The molecule has 0 spiro atoms. The predicted molar refractivity (Wildman–Crippen MR) is 74.9 cm³/mol. The number of methoxy groups -OCH3 is 1. The van der Waals surface area contributed by atoms with Crippen molar-refractivity contribution in [2.45, 2.75) is 32.2 Å². The van der Waals surface area contributed by atoms with Gasteiger partial charge in [-0.05, 0) is 25.8 Å². The van der Waals surface area contributed by atoms with E-state index in [1.807, 2.05) is 0 Å². The van der Waals surface area contributed by atoms with E-state index in [-0.39, 0.29) is 5.56 Å². The van der Waals surface area contributed by atoms with E-state index in [1.54, 1.807) is 0 Å². The van der Waals surface area contributed by atoms with Crippen molar-refractivity contribution in [3.05, 3.63) is 16.7 Å². The first-order valence-corrected chi connectivity index (χ1v) is 6.87. The lowest BCUT2D eigenvalue weighted by Gasteiger charge is -2.37. The van der Waals surface area contributed by atoms with Gasteiger partial charge in [0.05, 0.1) is 13.4 Å². The average molecular weight is 266 g/mol. The number of piperidine rings is 1. The van der Waals surface area contributed by atoms with Crippen molar-refractivity contribution >= 4 is 5.82 Å². The molecule has 2 rings (SSSR count). The number of ether oxygens (including phenoxy) is 1. The minimum Gasteiger partial charge on any atom is -0.489 e. The van der Waals surface area contributed by atoms with E-state index in [0.29, 0.717) is 17.6 Å². The minimum absolute atomic E-state index is 0.222. The summed E-state index contributed by atoms with van der Waals surface area (Å²) in [4.78, 5) is 20.8. The van der Waals surface area contributed by atoms with Crippen LogP contribution in [0.4, 0.5) is 5.82 Å². The molecule has 0 aliphatic carbocycles. The number of anilines is 1. The number of hydrogen-bond acceptors (Lipinski definition) is 5. The van der Waals surface area contributed by atoms with Crippen LogP contribution < -0.4 is 20.5 Å². The fraction of sp³-hybridized carbons (Fsp3) is 0.692. The molecule has 2 heterocycles. The molecular weight excluding hydrogens is 244 g/mol. The van der Waals surface area contributed by atoms with Crippen LogP contribution in [-0.4, -0.2) is 42.8 Å². The van der Waals surface area contributed by atoms with Crippen LogP contribution in [0.5, 0.6) is 5.75 Å². The Morgan fingerprint density at radius 3 is 3.16 bits per heavy atom. The van der Waals surface area contributed by atoms with Gasteiger partial charge in [-0.1, -0.05) is 6.92 Å². The van der Waals surface area contributed by atoms with Crippen LogP contribution in [0.25, 0.3) is 0 Å². The summed E-state index contributed by atoms with van der Waals surface area (Å²) in [5.41, 5.74) is -0.222. The lowest BCUT2D eigenvalue weighted by molar-refractivity contribution is 0.391. The monoisotopic (exact) mass is 266 g/mol. The summed E-state index contributed by atoms with van der Waals surface area (Å²) in [6.07, 6.45) is 4.90. The lowest BCUT2D eigenvalue weighted by atomic mass is 10.0. The average Bonchev–Trinajstić information content (AvgIpc) is 2.45. The van der Waals surface area contributed by atoms with Crippen molar-refractivity contribution in [1.29, 1.82) is 0 Å². The van der Waals surface area contributed by atoms with Gasteiger partial charge in [-0.3, -0.25) is 4.79 Å². The van der Waals surface area contributed by atoms with Crippen molar-refractivity contribution in [3.8, 4) is 5.75 Å². The number of H-pyrrole nitrogens is 1. The van der Waals surface area contributed by atoms with Gasteiger partial charge in [-0.2, -0.15) is 0 Å². The van der Waals surface area contributed by atoms with Gasteiger partial charge in [-0.15, -0.1) is 0 Å². The van der Waals surface area contributed by atoms with Crippen LogP contribution in [0.1, 0.15) is 26.2 Å². The molecule has 0 aromatic carbocycles. The van der Waals surface area contributed by atoms with Crippen molar-refractivity contribution in [1.82, 2.24) is 15.3 Å². The molecule has 1 fully saturated rings. The van der Waals surface area contributed by atoms with Gasteiger partial charge in [0.1, 0.15) is 0 Å². The molecule has 6 nitrogen and oxygen atoms in total. The number of likely N-dealkylation sites (N-methyl/N-ethyl adjacent to an activating group) is 1. The van der Waals surface area contributed by atoms with Crippen LogP contribution >= 0.6 is 0 Å². The summed E-state index contributed by atoms with van der Waals surface area (Å²) in [7, 11) is 1.51. The molecule has 2 N–H and O–H groups in total. The lowest BCUT2D eigenvalue weighted by Crippen LogP contribution is -2.46. The molecule has 1 aromatic heterocycles. The summed E-state index contributed by atoms with van der Waals surface area (Å²) in [6, 6.07) is 0.372. The van der Waals surface area contributed by atoms with Crippen LogP contribution in [-0.2, 0) is 0 Å². The van der Waals surface area contributed by atoms with Crippen molar-refractivity contribution in [2.75, 3.05) is 31.6 Å². The van der Waals surface area contributed by atoms with E-state index in [1.165, 1.54) is 19.9 Å². The second kappa shape index (κ2) is 6.56. The Balaban J connectivity index is 2.26. The summed E-state index contributed by atoms with van der Waals surface area (Å²) in [6.45, 7) is 4.88. The SMILES string of the molecule is CCNCC1CCCCN1c1nc[nH]c(=O)c1OC. The van der Waals surface area contributed by atoms with E-state index in [9.17, 15) is 4.79 Å². The molecule has 19 heavy (non-hydrogen) atoms. The van der Waals surface area contributed by atoms with Gasteiger partial charge < -0.3 is 19.9 Å². The standard InChI is InChI=1S/C13H22N4O2/c1-3-14-8-10-6-4-5-7-17(10)12-11(19-2)13(18)16-9-15-12/h9-10,14H,3-8H2,1-2H3,(H,15,16,18). The molecule has 1 saturated heterocycles. The first kappa shape index (κ1) is 13.9. The highest BCUT2D eigenvalue weighted by molar-refractivity contribution is 5.51. The zero-order valence-corrected chi connectivity index (χ0v) is 11.6. The highest BCUT2D eigenvalue weighted by Gasteiger charge is 2.26. The fourth-order valence-corrected chi connectivity index (χ4v) is 2.57. The highest BCUT2D eigenvalue weighted by Crippen LogP contribution is 2.27. The molecule has 1 atom stereocenters. The molecule has 0 amide bonds. The number of hydrogen-bond donors (Lipinski definition) is 2. The van der Waals surface area contributed by atoms with Gasteiger partial charge >= 0.3 is 0 Å². The Bertz CT molecular complexity index is 460. The third kappa shape index (κ3) is 3.07. The maximum absolute atomic E-state index is 11.8. The number of aromatic amines is 1. The zero-order valence-electron chi connectivity index (χ0n) is 11.6. The summed E-state index contributed by atoms with van der Waals surface area (Å²) in [5.74, 6) is 0.972. The molecule has 1 aliphatic rings. The summed E-state index contributed by atoms with van der Waals surface area (Å²) >= 11 is 0. The maximum Gasteiger partial charge on any atom is 0.295 e. The van der Waals surface area contributed by atoms with Crippen LogP contribution in [0, 0.1) is 0 Å². The first-order valence-electron chi connectivity index (χ1n) is 6.87. The Kier molecular flexibility index (Phi) is 4.79. The largest absolute Gasteiger partial charge is 0.489 e. The van der Waals surface area contributed by atoms with E-state index in [2.05, 4.69) is 27.1 Å². The quantitative estimate of drug-likeness (QED) is 0.823. The van der Waals surface area contributed by atoms with Crippen molar-refractivity contribution < 1.29 is 4.74 Å². The number of rotatable bonds is 5. The molecule has 6 heteroatoms. The fourth-order valence-electron chi connectivity index (χ4n) is 2.57. The zero-order chi connectivity index (χ0) is 13.7. The van der Waals surface area contributed by atoms with Gasteiger partial charge in [0.15, 0.2) is 5.82 Å². The predicted octanol–water partition coefficient (Wildman–Crippen LogP) is 0.747. The maximum atomic E-state index is 11.8. The van der Waals surface area contributed by atoms with Gasteiger partial charge in [0.2, 0.25) is 5.75 Å². The van der Waals surface area contributed by atoms with Gasteiger partial charge in [-0.25, -0.2) is 4.98 Å². The normalized spacial score (nSPS) is 19.5. The topological polar surface area (TPSA) is 70.2 Å². The van der Waals surface area contributed by atoms with Crippen LogP contribution in [0.3, 0.4) is 0 Å². The summed E-state index contributed by atoms with van der Waals surface area (Å²) < 4.78 is 5.21. The second-order valence-corrected chi connectivity index (χ2v) is 4.74. The molecule has 0 bridgehead atoms. The van der Waals surface area contributed by atoms with Crippen molar-refractivity contribution in [2.24, 2.45) is 0 Å². The molecule has 1 aliphatic heterocycles. The molecule has 1 aromatic rings. The number of nitrogens with zero attached hydrogens (tertiary/aromatic N) is 2. The number of nitrogens with one attached hydrogen (secondary N) is 2. The van der Waals surface area contributed by atoms with E-state index < -0.39 is 0 Å². The Hall–Kier alpha value is -1.56. The summed E-state index contributed by atoms with van der Waals surface area (Å²) in [5, 5.41) is 3.37. The highest BCUT2D eigenvalue weighted by atomic mass is 16.5.